The van der Waals surface area contributed by atoms with E-state index in [1.165, 1.54) is 24.3 Å². The van der Waals surface area contributed by atoms with Crippen LogP contribution in [0.5, 0.6) is 51.7 Å². The standard InChI is InChI=1S/C59H62O36/c1-18(62)84-50-40(73)34(91-57(47(50)80)88-31-13-24-26(66)9-22(64)10-29(24)86-48(31)20-4-7-25(65)27(67)8-20)17-83-35(69)14-36(70)92-53-45(78)44(77)52(55(81)82)94-58(53)85-23-11-28(68)37-30(12-23)87-49(19-2-5-21(63)6-3-19)51(41(37)74)93-59-54(43(76)39(72)33(16-61)90-59)95-56-46(79)42(75)38(71)32(15-60)89-56/h2-13,32-34,38-40,42-48,50,52-54,56-61,63-68,71-73,75-80H,14-17H2,1H3,(H,81,82)/t32-,33+,34-,38+,39+,40-,42+,43+,44+,45+,46-,47-,48?,50+,52+,53-,54-,56+,57-,58-,59+/m1/s1. The molecule has 36 heteroatoms. The number of carboxylic acid groups (broad SMARTS) is 1. The predicted molar refractivity (Wildman–Crippen MR) is 301 cm³/mol. The van der Waals surface area contributed by atoms with Crippen molar-refractivity contribution in [1.82, 2.24) is 0 Å². The maximum Gasteiger partial charge on any atom is 0.335 e. The third kappa shape index (κ3) is 14.2. The highest BCUT2D eigenvalue weighted by Crippen LogP contribution is 2.46. The van der Waals surface area contributed by atoms with Gasteiger partial charge in [-0.2, -0.15) is 0 Å². The lowest BCUT2D eigenvalue weighted by Crippen LogP contribution is -2.65. The number of benzene rings is 4. The summed E-state index contributed by atoms with van der Waals surface area (Å²) < 4.78 is 73.7. The van der Waals surface area contributed by atoms with Gasteiger partial charge in [0.05, 0.1) is 18.8 Å². The van der Waals surface area contributed by atoms with E-state index < -0.39 is 241 Å². The Morgan fingerprint density at radius 1 is 0.547 bits per heavy atom. The van der Waals surface area contributed by atoms with E-state index in [4.69, 9.17) is 61.3 Å². The molecule has 0 bridgehead atoms. The first-order valence-electron chi connectivity index (χ1n) is 28.5. The van der Waals surface area contributed by atoms with Crippen LogP contribution in [-0.4, -0.2) is 258 Å². The third-order valence-corrected chi connectivity index (χ3v) is 15.6. The van der Waals surface area contributed by atoms with Crippen LogP contribution in [0.4, 0.5) is 0 Å². The third-order valence-electron chi connectivity index (χ3n) is 15.6. The smallest absolute Gasteiger partial charge is 0.335 e. The highest BCUT2D eigenvalue weighted by Gasteiger charge is 2.54. The summed E-state index contributed by atoms with van der Waals surface area (Å²) in [5.41, 5.74) is -1.99. The van der Waals surface area contributed by atoms with Crippen LogP contribution in [0.25, 0.3) is 28.4 Å². The van der Waals surface area contributed by atoms with Gasteiger partial charge in [-0.05, 0) is 42.5 Å². The largest absolute Gasteiger partial charge is 0.508 e. The molecule has 6 heterocycles. The van der Waals surface area contributed by atoms with Gasteiger partial charge in [0, 0.05) is 42.3 Å². The molecule has 5 aliphatic heterocycles. The van der Waals surface area contributed by atoms with Gasteiger partial charge in [0.25, 0.3) is 0 Å². The van der Waals surface area contributed by atoms with Crippen LogP contribution in [0.1, 0.15) is 30.6 Å². The van der Waals surface area contributed by atoms with E-state index >= 15 is 0 Å². The molecule has 4 fully saturated rings. The Labute approximate surface area is 531 Å². The average molecular weight is 1350 g/mol. The molecule has 1 unspecified atom stereocenters. The summed E-state index contributed by atoms with van der Waals surface area (Å²) in [5, 5.41) is 191. The molecule has 10 rings (SSSR count). The number of phenols is 6. The van der Waals surface area contributed by atoms with Crippen molar-refractivity contribution in [3.05, 3.63) is 93.8 Å². The number of hydrogen-bond donors (Lipinski definition) is 18. The van der Waals surface area contributed by atoms with Gasteiger partial charge in [-0.1, -0.05) is 6.07 Å². The summed E-state index contributed by atoms with van der Waals surface area (Å²) >= 11 is 0. The molecule has 36 nitrogen and oxygen atoms in total. The number of hydrogen-bond acceptors (Lipinski definition) is 35. The van der Waals surface area contributed by atoms with Gasteiger partial charge < -0.3 is 153 Å². The number of rotatable bonds is 19. The highest BCUT2D eigenvalue weighted by molar-refractivity contribution is 5.91. The molecule has 0 saturated carbocycles. The van der Waals surface area contributed by atoms with Crippen LogP contribution in [0.2, 0.25) is 0 Å². The number of aliphatic hydroxyl groups excluding tert-OH is 11. The molecule has 95 heavy (non-hydrogen) atoms. The number of fused-ring (bicyclic) bond motifs is 2. The minimum atomic E-state index is -2.43. The van der Waals surface area contributed by atoms with E-state index in [-0.39, 0.29) is 33.9 Å². The number of phenolic OH excluding ortho intramolecular Hbond substituents is 6. The number of ether oxygens (including phenoxy) is 12. The minimum Gasteiger partial charge on any atom is -0.508 e. The fourth-order valence-electron chi connectivity index (χ4n) is 10.8. The van der Waals surface area contributed by atoms with Crippen molar-refractivity contribution in [2.75, 3.05) is 19.8 Å². The summed E-state index contributed by atoms with van der Waals surface area (Å²) in [6, 6.07) is 11.7. The van der Waals surface area contributed by atoms with Gasteiger partial charge in [0.1, 0.15) is 131 Å². The highest BCUT2D eigenvalue weighted by atomic mass is 16.8. The van der Waals surface area contributed by atoms with Crippen molar-refractivity contribution in [2.45, 2.75) is 142 Å². The number of aromatic hydroxyl groups is 6. The van der Waals surface area contributed by atoms with Crippen molar-refractivity contribution in [3.8, 4) is 63.1 Å². The Balaban J connectivity index is 0.883. The van der Waals surface area contributed by atoms with Crippen molar-refractivity contribution in [1.29, 1.82) is 0 Å². The second-order valence-corrected chi connectivity index (χ2v) is 22.1. The Hall–Kier alpha value is -8.93. The normalized spacial score (nSPS) is 32.2. The molecule has 5 aromatic rings. The van der Waals surface area contributed by atoms with Crippen molar-refractivity contribution in [2.24, 2.45) is 0 Å². The molecule has 5 aliphatic rings. The van der Waals surface area contributed by atoms with Crippen molar-refractivity contribution in [3.63, 3.8) is 0 Å². The summed E-state index contributed by atoms with van der Waals surface area (Å²) in [5.74, 6) is -12.0. The van der Waals surface area contributed by atoms with Gasteiger partial charge in [-0.15, -0.1) is 0 Å². The van der Waals surface area contributed by atoms with E-state index in [2.05, 4.69) is 0 Å². The maximum atomic E-state index is 14.7. The van der Waals surface area contributed by atoms with E-state index in [0.717, 1.165) is 49.4 Å². The number of carbonyl (C=O) groups is 4. The molecule has 514 valence electrons. The van der Waals surface area contributed by atoms with Crippen LogP contribution in [0.3, 0.4) is 0 Å². The van der Waals surface area contributed by atoms with Crippen LogP contribution in [-0.2, 0) is 61.8 Å². The van der Waals surface area contributed by atoms with Crippen LogP contribution in [0.15, 0.2) is 81.7 Å². The lowest BCUT2D eigenvalue weighted by molar-refractivity contribution is -0.358. The zero-order chi connectivity index (χ0) is 68.8. The first-order chi connectivity index (χ1) is 45.0. The molecule has 0 spiro atoms. The fourth-order valence-corrected chi connectivity index (χ4v) is 10.8. The number of esters is 3. The molecule has 0 radical (unpaired) electrons. The molecule has 1 aromatic heterocycles. The van der Waals surface area contributed by atoms with Crippen LogP contribution >= 0.6 is 0 Å². The predicted octanol–water partition coefficient (Wildman–Crippen LogP) is -3.98. The van der Waals surface area contributed by atoms with E-state index in [1.807, 2.05) is 0 Å². The molecule has 4 aromatic carbocycles. The minimum absolute atomic E-state index is 0.0771. The summed E-state index contributed by atoms with van der Waals surface area (Å²) in [7, 11) is 0. The molecule has 4 saturated heterocycles. The van der Waals surface area contributed by atoms with Gasteiger partial charge in [-0.3, -0.25) is 19.2 Å². The maximum absolute atomic E-state index is 14.7. The van der Waals surface area contributed by atoms with Gasteiger partial charge in [0.2, 0.25) is 30.0 Å². The summed E-state index contributed by atoms with van der Waals surface area (Å²) in [6.45, 7) is -2.03. The van der Waals surface area contributed by atoms with Crippen molar-refractivity contribution >= 4 is 40.9 Å². The fraction of sp³-hybridized carbons (Fsp3) is 0.441. The lowest BCUT2D eigenvalue weighted by atomic mass is 9.97. The Morgan fingerprint density at radius 3 is 1.86 bits per heavy atom. The molecule has 18 N–H and O–H groups in total. The van der Waals surface area contributed by atoms with Crippen LogP contribution < -0.4 is 19.6 Å². The number of aliphatic hydroxyl groups is 11. The zero-order valence-electron chi connectivity index (χ0n) is 48.8. The number of aliphatic carboxylic acids is 1. The van der Waals surface area contributed by atoms with Gasteiger partial charge in [-0.25, -0.2) is 4.79 Å². The Bertz CT molecular complexity index is 3740. The molecule has 0 aliphatic carbocycles. The van der Waals surface area contributed by atoms with E-state index in [9.17, 15) is 116 Å². The van der Waals surface area contributed by atoms with Crippen molar-refractivity contribution < 1.29 is 172 Å². The number of carbonyl (C=O) groups excluding carboxylic acids is 3. The summed E-state index contributed by atoms with van der Waals surface area (Å²) in [4.78, 5) is 66.2. The van der Waals surface area contributed by atoms with Crippen LogP contribution in [0, 0.1) is 0 Å². The monoisotopic (exact) mass is 1350 g/mol. The SMILES string of the molecule is CC(=O)O[C@@H]1[C@@H](O)[C@H](OC2=Cc3c(O)cc(O)cc3OC2c2ccc(O)c(O)c2)O[C@H](COC(=O)CC(=O)O[C@H]2[C@H](Oc3cc(O)c4c(=O)c(O[C@@H]5O[C@@H](CO)[C@H](O)[C@H](O)[C@H]5O[C@@H]5O[C@H](CO)[C@H](O)[C@H](O)[C@H]5O)c(-c5ccc(O)cc5)oc4c3)O[C@H](C(=O)O)[C@@H](O)[C@@H]2O)[C@H]1O. The van der Waals surface area contributed by atoms with Gasteiger partial charge in [0.15, 0.2) is 60.2 Å². The summed E-state index contributed by atoms with van der Waals surface area (Å²) in [6.07, 6.45) is -42.8. The lowest BCUT2D eigenvalue weighted by Gasteiger charge is -2.45. The van der Waals surface area contributed by atoms with E-state index in [1.54, 1.807) is 0 Å². The average Bonchev–Trinajstić information content (AvgIpc) is 0.764. The second-order valence-electron chi connectivity index (χ2n) is 22.1. The molecule has 0 amide bonds. The zero-order valence-corrected chi connectivity index (χ0v) is 48.8. The Kier molecular flexibility index (Phi) is 20.4. The van der Waals surface area contributed by atoms with Gasteiger partial charge >= 0.3 is 23.9 Å². The quantitative estimate of drug-likeness (QED) is 0.0162. The molecule has 21 atom stereocenters. The first kappa shape index (κ1) is 68.9. The number of carboxylic acids is 1. The Morgan fingerprint density at radius 2 is 1.20 bits per heavy atom. The molecular formula is C59H62O36. The van der Waals surface area contributed by atoms with E-state index in [0.29, 0.717) is 6.07 Å². The molecular weight excluding hydrogens is 1280 g/mol. The first-order valence-corrected chi connectivity index (χ1v) is 28.5. The second kappa shape index (κ2) is 28.2. The topological polar surface area (TPSA) is 573 Å².